The predicted octanol–water partition coefficient (Wildman–Crippen LogP) is -0.445. The van der Waals surface area contributed by atoms with Crippen molar-refractivity contribution in [3.8, 4) is 0 Å². The molecule has 86 valence electrons. The Kier molecular flexibility index (Phi) is 4.29. The van der Waals surface area contributed by atoms with Crippen LogP contribution in [-0.2, 0) is 14.4 Å². The van der Waals surface area contributed by atoms with Crippen LogP contribution in [0, 0.1) is 0 Å². The molecule has 6 nitrogen and oxygen atoms in total. The molecule has 3 N–H and O–H groups in total. The van der Waals surface area contributed by atoms with Crippen LogP contribution in [0.2, 0.25) is 0 Å². The Bertz CT molecular complexity index is 420. The van der Waals surface area contributed by atoms with Gasteiger partial charge in [-0.15, -0.1) is 0 Å². The van der Waals surface area contributed by atoms with Crippen molar-refractivity contribution in [2.75, 3.05) is 0 Å². The van der Waals surface area contributed by atoms with E-state index < -0.39 is 40.7 Å². The monoisotopic (exact) mass is 422 g/mol. The number of aliphatic carboxylic acids is 3. The zero-order chi connectivity index (χ0) is 12.3. The van der Waals surface area contributed by atoms with E-state index in [4.69, 9.17) is 15.3 Å². The van der Waals surface area contributed by atoms with Gasteiger partial charge in [0, 0.05) is 0 Å². The number of carbonyl (C=O) groups is 3. The van der Waals surface area contributed by atoms with Gasteiger partial charge < -0.3 is 0 Å². The first kappa shape index (κ1) is 13.0. The topological polar surface area (TPSA) is 112 Å². The number of hydrogen-bond donors (Lipinski definition) is 3. The molecule has 0 atom stereocenters. The minimum atomic E-state index is -1.35. The summed E-state index contributed by atoms with van der Waals surface area (Å²) in [5.74, 6) is -3.03. The van der Waals surface area contributed by atoms with Crippen LogP contribution in [0.1, 0.15) is 19.3 Å². The molecular weight excluding hydrogens is 413 g/mol. The van der Waals surface area contributed by atoms with Gasteiger partial charge in [0.2, 0.25) is 0 Å². The van der Waals surface area contributed by atoms with Crippen molar-refractivity contribution in [1.29, 1.82) is 0 Å². The fourth-order valence-corrected chi connectivity index (χ4v) is 6.34. The van der Waals surface area contributed by atoms with Crippen LogP contribution in [0.4, 0.5) is 0 Å². The summed E-state index contributed by atoms with van der Waals surface area (Å²) in [7, 11) is 0. The summed E-state index contributed by atoms with van der Waals surface area (Å²) in [5, 5.41) is 25.8. The Morgan fingerprint density at radius 2 is 1.38 bits per heavy atom. The maximum atomic E-state index is 10.5. The van der Waals surface area contributed by atoms with Crippen LogP contribution in [-0.4, -0.2) is 59.2 Å². The Balaban J connectivity index is 2.75. The zero-order valence-electron chi connectivity index (χ0n) is 8.13. The van der Waals surface area contributed by atoms with Gasteiger partial charge in [0.25, 0.3) is 0 Å². The minimum absolute atomic E-state index is 0.136. The molecule has 0 aromatic heterocycles. The third-order valence-corrected chi connectivity index (χ3v) is 7.36. The molecule has 0 saturated carbocycles. The van der Waals surface area contributed by atoms with Gasteiger partial charge in [-0.05, 0) is 0 Å². The molecular formula is C9H9BiO6. The molecule has 0 spiro atoms. The summed E-state index contributed by atoms with van der Waals surface area (Å²) in [6.45, 7) is 0. The van der Waals surface area contributed by atoms with Crippen LogP contribution in [0.5, 0.6) is 0 Å². The second-order valence-corrected chi connectivity index (χ2v) is 8.26. The van der Waals surface area contributed by atoms with Crippen molar-refractivity contribution < 1.29 is 29.7 Å². The summed E-state index contributed by atoms with van der Waals surface area (Å²) < 4.78 is 1.40. The molecule has 0 amide bonds. The first-order valence-corrected chi connectivity index (χ1v) is 7.83. The molecule has 7 heteroatoms. The molecule has 0 unspecified atom stereocenters. The molecule has 0 fully saturated rings. The predicted molar refractivity (Wildman–Crippen MR) is 54.5 cm³/mol. The summed E-state index contributed by atoms with van der Waals surface area (Å²) in [5.41, 5.74) is 0.467. The third kappa shape index (κ3) is 3.49. The summed E-state index contributed by atoms with van der Waals surface area (Å²) in [6.07, 6.45) is -0.528. The van der Waals surface area contributed by atoms with E-state index in [1.807, 2.05) is 0 Å². The van der Waals surface area contributed by atoms with Crippen molar-refractivity contribution >= 4 is 43.9 Å². The normalized spacial score (nSPS) is 14.1. The van der Waals surface area contributed by atoms with Gasteiger partial charge in [0.15, 0.2) is 0 Å². The summed E-state index contributed by atoms with van der Waals surface area (Å²) >= 11 is -1.35. The van der Waals surface area contributed by atoms with E-state index in [0.717, 1.165) is 0 Å². The fourth-order valence-electron chi connectivity index (χ4n) is 1.35. The SMILES string of the molecule is O=C(O)C[C]1=[Bi][C](CC(=O)O)=C1CC(=O)O. The van der Waals surface area contributed by atoms with Gasteiger partial charge in [-0.3, -0.25) is 0 Å². The third-order valence-electron chi connectivity index (χ3n) is 1.93. The summed E-state index contributed by atoms with van der Waals surface area (Å²) in [6, 6.07) is 0. The van der Waals surface area contributed by atoms with Crippen molar-refractivity contribution in [3.63, 3.8) is 0 Å². The molecule has 16 heavy (non-hydrogen) atoms. The van der Waals surface area contributed by atoms with Crippen molar-refractivity contribution in [2.24, 2.45) is 0 Å². The Hall–Kier alpha value is -1.10. The molecule has 0 aliphatic carbocycles. The van der Waals surface area contributed by atoms with Crippen LogP contribution in [0.15, 0.2) is 8.85 Å². The van der Waals surface area contributed by atoms with Crippen molar-refractivity contribution in [2.45, 2.75) is 19.3 Å². The fraction of sp³-hybridized carbons (Fsp3) is 0.333. The van der Waals surface area contributed by atoms with Gasteiger partial charge in [0.05, 0.1) is 0 Å². The molecule has 0 radical (unpaired) electrons. The standard InChI is InChI=1S/C9H9O6.Bi/c10-7(11)3-1-6(5-9(14)15)2-4-8(12)13;/h3-5H2,(H,10,11)(H,12,13)(H,14,15);. The number of carboxylic acids is 3. The first-order valence-electron chi connectivity index (χ1n) is 4.35. The Labute approximate surface area is 102 Å². The van der Waals surface area contributed by atoms with E-state index >= 15 is 0 Å². The van der Waals surface area contributed by atoms with Gasteiger partial charge in [0.1, 0.15) is 0 Å². The second-order valence-electron chi connectivity index (χ2n) is 3.20. The first-order chi connectivity index (χ1) is 7.40. The van der Waals surface area contributed by atoms with Gasteiger partial charge in [-0.2, -0.15) is 0 Å². The number of rotatable bonds is 6. The van der Waals surface area contributed by atoms with Crippen LogP contribution in [0.25, 0.3) is 0 Å². The van der Waals surface area contributed by atoms with Gasteiger partial charge in [-0.25, -0.2) is 0 Å². The molecule has 0 aromatic rings. The van der Waals surface area contributed by atoms with Crippen LogP contribution in [0.3, 0.4) is 0 Å². The summed E-state index contributed by atoms with van der Waals surface area (Å²) in [4.78, 5) is 31.5. The van der Waals surface area contributed by atoms with E-state index in [0.29, 0.717) is 12.1 Å². The zero-order valence-corrected chi connectivity index (χ0v) is 11.6. The average molecular weight is 422 g/mol. The quantitative estimate of drug-likeness (QED) is 0.501. The molecule has 0 saturated heterocycles. The van der Waals surface area contributed by atoms with Crippen LogP contribution < -0.4 is 0 Å². The molecule has 1 aliphatic heterocycles. The number of carboxylic acid groups (broad SMARTS) is 3. The molecule has 1 heterocycles. The van der Waals surface area contributed by atoms with Crippen LogP contribution >= 0.6 is 0 Å². The average Bonchev–Trinajstić information content (AvgIpc) is 2.11. The molecule has 0 aromatic carbocycles. The molecule has 1 rings (SSSR count). The Morgan fingerprint density at radius 1 is 0.875 bits per heavy atom. The maximum absolute atomic E-state index is 10.5. The van der Waals surface area contributed by atoms with Gasteiger partial charge >= 0.3 is 102 Å². The van der Waals surface area contributed by atoms with Gasteiger partial charge in [-0.1, -0.05) is 0 Å². The number of hydrogen-bond acceptors (Lipinski definition) is 3. The van der Waals surface area contributed by atoms with E-state index in [9.17, 15) is 14.4 Å². The Morgan fingerprint density at radius 3 is 1.81 bits per heavy atom. The second kappa shape index (κ2) is 5.30. The van der Waals surface area contributed by atoms with Crippen molar-refractivity contribution in [1.82, 2.24) is 0 Å². The van der Waals surface area contributed by atoms with E-state index in [1.54, 1.807) is 0 Å². The molecule has 0 bridgehead atoms. The van der Waals surface area contributed by atoms with E-state index in [2.05, 4.69) is 0 Å². The molecule has 1 aliphatic rings. The van der Waals surface area contributed by atoms with E-state index in [-0.39, 0.29) is 19.3 Å². The van der Waals surface area contributed by atoms with Crippen molar-refractivity contribution in [3.05, 3.63) is 8.85 Å². The van der Waals surface area contributed by atoms with E-state index in [1.165, 1.54) is 0 Å².